The fourth-order valence-electron chi connectivity index (χ4n) is 3.24. The summed E-state index contributed by atoms with van der Waals surface area (Å²) >= 11 is 0. The van der Waals surface area contributed by atoms with E-state index in [1.54, 1.807) is 0 Å². The van der Waals surface area contributed by atoms with Crippen molar-refractivity contribution in [3.8, 4) is 0 Å². The third-order valence-electron chi connectivity index (χ3n) is 4.39. The van der Waals surface area contributed by atoms with E-state index in [4.69, 9.17) is 0 Å². The number of hydrogen-bond acceptors (Lipinski definition) is 1. The first kappa shape index (κ1) is 10.7. The topological polar surface area (TPSA) is 17.1 Å². The Morgan fingerprint density at radius 1 is 1.47 bits per heavy atom. The van der Waals surface area contributed by atoms with Gasteiger partial charge in [-0.05, 0) is 38.0 Å². The average Bonchev–Trinajstić information content (AvgIpc) is 2.41. The predicted octanol–water partition coefficient (Wildman–Crippen LogP) is 3.51. The lowest BCUT2D eigenvalue weighted by Crippen LogP contribution is -2.39. The smallest absolute Gasteiger partial charge is 0.139 e. The van der Waals surface area contributed by atoms with Crippen molar-refractivity contribution in [2.75, 3.05) is 0 Å². The predicted molar refractivity (Wildman–Crippen MR) is 62.5 cm³/mol. The van der Waals surface area contributed by atoms with Gasteiger partial charge in [0, 0.05) is 11.8 Å². The number of allylic oxidation sites excluding steroid dienone is 2. The molecule has 0 unspecified atom stereocenters. The second-order valence-corrected chi connectivity index (χ2v) is 5.65. The maximum absolute atomic E-state index is 12.2. The second-order valence-electron chi connectivity index (χ2n) is 5.65. The molecule has 0 N–H and O–H groups in total. The maximum atomic E-state index is 12.2. The van der Waals surface area contributed by atoms with Gasteiger partial charge < -0.3 is 0 Å². The standard InChI is InChI=1S/C14H20O/c1-9(2)11-6-12-5-10(3)8-14(12,4)13(15)7-11/h11-12H,1,3,5-8H2,2,4H3/t11-,12-,14-/m1/s1. The number of fused-ring (bicyclic) bond motifs is 1. The molecule has 0 spiro atoms. The van der Waals surface area contributed by atoms with Crippen LogP contribution < -0.4 is 0 Å². The van der Waals surface area contributed by atoms with Gasteiger partial charge in [-0.25, -0.2) is 0 Å². The molecule has 1 heteroatoms. The quantitative estimate of drug-likeness (QED) is 0.597. The van der Waals surface area contributed by atoms with E-state index in [-0.39, 0.29) is 5.41 Å². The molecule has 2 saturated carbocycles. The average molecular weight is 204 g/mol. The Bertz CT molecular complexity index is 339. The molecule has 0 amide bonds. The molecule has 1 nitrogen and oxygen atoms in total. The third-order valence-corrected chi connectivity index (χ3v) is 4.39. The van der Waals surface area contributed by atoms with Crippen LogP contribution in [-0.2, 0) is 4.79 Å². The van der Waals surface area contributed by atoms with Crippen molar-refractivity contribution >= 4 is 5.78 Å². The molecular formula is C14H20O. The number of ketones is 1. The van der Waals surface area contributed by atoms with Gasteiger partial charge in [-0.1, -0.05) is 31.2 Å². The molecule has 0 heterocycles. The highest BCUT2D eigenvalue weighted by molar-refractivity contribution is 5.87. The van der Waals surface area contributed by atoms with Crippen LogP contribution in [0, 0.1) is 17.3 Å². The Morgan fingerprint density at radius 3 is 2.73 bits per heavy atom. The molecule has 0 aromatic carbocycles. The van der Waals surface area contributed by atoms with Gasteiger partial charge in [0.2, 0.25) is 0 Å². The molecule has 2 aliphatic carbocycles. The van der Waals surface area contributed by atoms with E-state index >= 15 is 0 Å². The maximum Gasteiger partial charge on any atom is 0.139 e. The van der Waals surface area contributed by atoms with Gasteiger partial charge in [-0.3, -0.25) is 4.79 Å². The highest BCUT2D eigenvalue weighted by Crippen LogP contribution is 2.53. The number of rotatable bonds is 1. The van der Waals surface area contributed by atoms with Crippen LogP contribution in [0.2, 0.25) is 0 Å². The van der Waals surface area contributed by atoms with Crippen LogP contribution in [0.3, 0.4) is 0 Å². The molecule has 0 bridgehead atoms. The van der Waals surface area contributed by atoms with E-state index in [2.05, 4.69) is 20.1 Å². The summed E-state index contributed by atoms with van der Waals surface area (Å²) in [6.07, 6.45) is 3.80. The SMILES string of the molecule is C=C1C[C@@H]2C[C@@H](C(=C)C)CC(=O)[C@]2(C)C1. The Kier molecular flexibility index (Phi) is 2.37. The number of hydrogen-bond donors (Lipinski definition) is 0. The number of carbonyl (C=O) groups is 1. The van der Waals surface area contributed by atoms with Crippen LogP contribution in [0.1, 0.15) is 39.5 Å². The van der Waals surface area contributed by atoms with E-state index in [0.29, 0.717) is 24.0 Å². The van der Waals surface area contributed by atoms with Crippen LogP contribution in [-0.4, -0.2) is 5.78 Å². The number of carbonyl (C=O) groups excluding carboxylic acids is 1. The van der Waals surface area contributed by atoms with Gasteiger partial charge >= 0.3 is 0 Å². The van der Waals surface area contributed by atoms with E-state index in [1.807, 2.05) is 6.92 Å². The fourth-order valence-corrected chi connectivity index (χ4v) is 3.24. The molecule has 0 aromatic heterocycles. The normalized spacial score (nSPS) is 40.4. The lowest BCUT2D eigenvalue weighted by Gasteiger charge is -2.38. The minimum atomic E-state index is -0.0942. The monoisotopic (exact) mass is 204 g/mol. The van der Waals surface area contributed by atoms with Crippen molar-refractivity contribution in [1.82, 2.24) is 0 Å². The summed E-state index contributed by atoms with van der Waals surface area (Å²) in [5.41, 5.74) is 2.34. The summed E-state index contributed by atoms with van der Waals surface area (Å²) in [5, 5.41) is 0. The van der Waals surface area contributed by atoms with E-state index in [1.165, 1.54) is 11.1 Å². The zero-order valence-electron chi connectivity index (χ0n) is 9.81. The lowest BCUT2D eigenvalue weighted by molar-refractivity contribution is -0.133. The van der Waals surface area contributed by atoms with E-state index in [9.17, 15) is 4.79 Å². The summed E-state index contributed by atoms with van der Waals surface area (Å²) < 4.78 is 0. The molecule has 2 rings (SSSR count). The Morgan fingerprint density at radius 2 is 2.13 bits per heavy atom. The zero-order chi connectivity index (χ0) is 11.2. The van der Waals surface area contributed by atoms with Gasteiger partial charge in [-0.2, -0.15) is 0 Å². The molecule has 0 radical (unpaired) electrons. The Hall–Kier alpha value is -0.850. The summed E-state index contributed by atoms with van der Waals surface area (Å²) in [4.78, 5) is 12.2. The molecule has 0 aromatic rings. The zero-order valence-corrected chi connectivity index (χ0v) is 9.81. The highest BCUT2D eigenvalue weighted by Gasteiger charge is 2.50. The molecule has 2 aliphatic rings. The van der Waals surface area contributed by atoms with E-state index in [0.717, 1.165) is 19.3 Å². The van der Waals surface area contributed by atoms with Crippen LogP contribution in [0.15, 0.2) is 24.3 Å². The van der Waals surface area contributed by atoms with Gasteiger partial charge in [0.15, 0.2) is 0 Å². The Labute approximate surface area is 92.3 Å². The minimum absolute atomic E-state index is 0.0942. The van der Waals surface area contributed by atoms with Crippen molar-refractivity contribution in [1.29, 1.82) is 0 Å². The molecule has 82 valence electrons. The first-order valence-corrected chi connectivity index (χ1v) is 5.79. The molecule has 0 aliphatic heterocycles. The molecule has 3 atom stereocenters. The van der Waals surface area contributed by atoms with Crippen molar-refractivity contribution in [2.24, 2.45) is 17.3 Å². The summed E-state index contributed by atoms with van der Waals surface area (Å²) in [6, 6.07) is 0. The van der Waals surface area contributed by atoms with Crippen molar-refractivity contribution in [2.45, 2.75) is 39.5 Å². The van der Waals surface area contributed by atoms with Crippen molar-refractivity contribution < 1.29 is 4.79 Å². The third kappa shape index (κ3) is 1.58. The van der Waals surface area contributed by atoms with Crippen LogP contribution in [0.4, 0.5) is 0 Å². The lowest BCUT2D eigenvalue weighted by atomic mass is 9.64. The van der Waals surface area contributed by atoms with Crippen LogP contribution in [0.25, 0.3) is 0 Å². The van der Waals surface area contributed by atoms with Crippen molar-refractivity contribution in [3.05, 3.63) is 24.3 Å². The van der Waals surface area contributed by atoms with Gasteiger partial charge in [0.1, 0.15) is 5.78 Å². The fraction of sp³-hybridized carbons (Fsp3) is 0.643. The summed E-state index contributed by atoms with van der Waals surface area (Å²) in [7, 11) is 0. The highest BCUT2D eigenvalue weighted by atomic mass is 16.1. The largest absolute Gasteiger partial charge is 0.299 e. The molecule has 0 saturated heterocycles. The Balaban J connectivity index is 2.25. The first-order chi connectivity index (χ1) is 6.93. The van der Waals surface area contributed by atoms with E-state index < -0.39 is 0 Å². The number of Topliss-reactive ketones (excluding diaryl/α,β-unsaturated/α-hetero) is 1. The van der Waals surface area contributed by atoms with Crippen LogP contribution >= 0.6 is 0 Å². The molecule has 2 fully saturated rings. The van der Waals surface area contributed by atoms with Gasteiger partial charge in [-0.15, -0.1) is 0 Å². The van der Waals surface area contributed by atoms with Gasteiger partial charge in [0.25, 0.3) is 0 Å². The molecular weight excluding hydrogens is 184 g/mol. The van der Waals surface area contributed by atoms with Crippen LogP contribution in [0.5, 0.6) is 0 Å². The molecule has 15 heavy (non-hydrogen) atoms. The summed E-state index contributed by atoms with van der Waals surface area (Å²) in [5.74, 6) is 1.37. The summed E-state index contributed by atoms with van der Waals surface area (Å²) in [6.45, 7) is 12.2. The van der Waals surface area contributed by atoms with Crippen molar-refractivity contribution in [3.63, 3.8) is 0 Å². The van der Waals surface area contributed by atoms with Gasteiger partial charge in [0.05, 0.1) is 0 Å². The second kappa shape index (κ2) is 3.33. The minimum Gasteiger partial charge on any atom is -0.299 e. The first-order valence-electron chi connectivity index (χ1n) is 5.79.